The molecule has 1 aromatic carbocycles. The number of rotatable bonds is 3. The molecular weight excluding hydrogens is 236 g/mol. The first-order valence-electron chi connectivity index (χ1n) is 5.40. The van der Waals surface area contributed by atoms with Gasteiger partial charge in [-0.15, -0.1) is 22.9 Å². The molecule has 0 spiro atoms. The maximum Gasteiger partial charge on any atom is 0.0718 e. The van der Waals surface area contributed by atoms with Crippen molar-refractivity contribution in [1.29, 1.82) is 0 Å². The summed E-state index contributed by atoms with van der Waals surface area (Å²) in [5.74, 6) is 0. The van der Waals surface area contributed by atoms with E-state index in [1.54, 1.807) is 11.3 Å². The molecule has 0 amide bonds. The molecule has 0 saturated carbocycles. The van der Waals surface area contributed by atoms with Gasteiger partial charge in [0.15, 0.2) is 0 Å². The largest absolute Gasteiger partial charge is 0.147 e. The van der Waals surface area contributed by atoms with E-state index in [4.69, 9.17) is 11.6 Å². The summed E-state index contributed by atoms with van der Waals surface area (Å²) in [6.45, 7) is 4.27. The SMILES string of the molecule is Cc1ccc(C)c(CC(Cl)c2cccs2)c1. The van der Waals surface area contributed by atoms with E-state index >= 15 is 0 Å². The molecule has 1 aromatic heterocycles. The van der Waals surface area contributed by atoms with Gasteiger partial charge in [0, 0.05) is 4.88 Å². The average molecular weight is 251 g/mol. The second-order valence-electron chi connectivity index (χ2n) is 4.12. The van der Waals surface area contributed by atoms with Crippen LogP contribution in [0.1, 0.15) is 26.9 Å². The first-order chi connectivity index (χ1) is 7.66. The van der Waals surface area contributed by atoms with Crippen molar-refractivity contribution in [2.45, 2.75) is 25.6 Å². The van der Waals surface area contributed by atoms with Gasteiger partial charge in [0.1, 0.15) is 0 Å². The van der Waals surface area contributed by atoms with Gasteiger partial charge < -0.3 is 0 Å². The zero-order valence-electron chi connectivity index (χ0n) is 9.53. The third kappa shape index (κ3) is 2.66. The zero-order chi connectivity index (χ0) is 11.5. The number of hydrogen-bond acceptors (Lipinski definition) is 1. The summed E-state index contributed by atoms with van der Waals surface area (Å²) in [6.07, 6.45) is 0.912. The van der Waals surface area contributed by atoms with E-state index < -0.39 is 0 Å². The van der Waals surface area contributed by atoms with Crippen LogP contribution in [0.25, 0.3) is 0 Å². The lowest BCUT2D eigenvalue weighted by atomic mass is 10.0. The molecule has 2 rings (SSSR count). The fraction of sp³-hybridized carbons (Fsp3) is 0.286. The molecule has 0 radical (unpaired) electrons. The standard InChI is InChI=1S/C14H15ClS/c1-10-5-6-11(2)12(8-10)9-13(15)14-4-3-7-16-14/h3-8,13H,9H2,1-2H3. The molecule has 0 nitrogen and oxygen atoms in total. The summed E-state index contributed by atoms with van der Waals surface area (Å²) in [5, 5.41) is 2.17. The summed E-state index contributed by atoms with van der Waals surface area (Å²) in [4.78, 5) is 1.25. The Labute approximate surface area is 106 Å². The van der Waals surface area contributed by atoms with Crippen LogP contribution in [0.2, 0.25) is 0 Å². The molecular formula is C14H15ClS. The molecule has 0 fully saturated rings. The number of halogens is 1. The van der Waals surface area contributed by atoms with Crippen molar-refractivity contribution in [2.24, 2.45) is 0 Å². The number of thiophene rings is 1. The highest BCUT2D eigenvalue weighted by atomic mass is 35.5. The topological polar surface area (TPSA) is 0 Å². The van der Waals surface area contributed by atoms with Crippen molar-refractivity contribution in [3.63, 3.8) is 0 Å². The van der Waals surface area contributed by atoms with Gasteiger partial charge in [-0.2, -0.15) is 0 Å². The van der Waals surface area contributed by atoms with Crippen LogP contribution in [0.3, 0.4) is 0 Å². The van der Waals surface area contributed by atoms with Gasteiger partial charge in [-0.25, -0.2) is 0 Å². The third-order valence-electron chi connectivity index (χ3n) is 2.76. The fourth-order valence-corrected chi connectivity index (χ4v) is 2.88. The Morgan fingerprint density at radius 1 is 1.25 bits per heavy atom. The van der Waals surface area contributed by atoms with Crippen molar-refractivity contribution < 1.29 is 0 Å². The molecule has 0 N–H and O–H groups in total. The molecule has 0 aliphatic carbocycles. The lowest BCUT2D eigenvalue weighted by Crippen LogP contribution is -1.96. The van der Waals surface area contributed by atoms with Crippen LogP contribution in [0, 0.1) is 13.8 Å². The Kier molecular flexibility index (Phi) is 3.67. The van der Waals surface area contributed by atoms with Crippen LogP contribution in [-0.4, -0.2) is 0 Å². The fourth-order valence-electron chi connectivity index (χ4n) is 1.78. The van der Waals surface area contributed by atoms with E-state index in [1.165, 1.54) is 21.6 Å². The summed E-state index contributed by atoms with van der Waals surface area (Å²) >= 11 is 8.15. The van der Waals surface area contributed by atoms with Crippen LogP contribution < -0.4 is 0 Å². The van der Waals surface area contributed by atoms with Crippen molar-refractivity contribution in [2.75, 3.05) is 0 Å². The summed E-state index contributed by atoms with van der Waals surface area (Å²) in [5.41, 5.74) is 3.98. The number of benzene rings is 1. The van der Waals surface area contributed by atoms with E-state index in [2.05, 4.69) is 49.6 Å². The van der Waals surface area contributed by atoms with Crippen molar-refractivity contribution in [3.05, 3.63) is 57.3 Å². The van der Waals surface area contributed by atoms with E-state index in [1.807, 2.05) is 0 Å². The van der Waals surface area contributed by atoms with Gasteiger partial charge in [-0.05, 0) is 42.8 Å². The maximum atomic E-state index is 6.42. The second kappa shape index (κ2) is 5.03. The predicted octanol–water partition coefficient (Wildman–Crippen LogP) is 4.89. The second-order valence-corrected chi connectivity index (χ2v) is 5.62. The van der Waals surface area contributed by atoms with Crippen LogP contribution in [0.15, 0.2) is 35.7 Å². The Bertz CT molecular complexity index is 460. The van der Waals surface area contributed by atoms with Gasteiger partial charge in [-0.3, -0.25) is 0 Å². The minimum Gasteiger partial charge on any atom is -0.147 e. The van der Waals surface area contributed by atoms with Crippen molar-refractivity contribution >= 4 is 22.9 Å². The Morgan fingerprint density at radius 2 is 2.06 bits per heavy atom. The third-order valence-corrected chi connectivity index (χ3v) is 4.26. The summed E-state index contributed by atoms with van der Waals surface area (Å²) < 4.78 is 0. The molecule has 0 aliphatic heterocycles. The Hall–Kier alpha value is -0.790. The molecule has 0 aliphatic rings. The molecule has 1 unspecified atom stereocenters. The maximum absolute atomic E-state index is 6.42. The van der Waals surface area contributed by atoms with Gasteiger partial charge >= 0.3 is 0 Å². The molecule has 0 bridgehead atoms. The van der Waals surface area contributed by atoms with E-state index in [-0.39, 0.29) is 5.38 Å². The minimum absolute atomic E-state index is 0.0977. The number of alkyl halides is 1. The summed E-state index contributed by atoms with van der Waals surface area (Å²) in [6, 6.07) is 10.7. The first-order valence-corrected chi connectivity index (χ1v) is 6.72. The molecule has 1 heterocycles. The lowest BCUT2D eigenvalue weighted by Gasteiger charge is -2.10. The quantitative estimate of drug-likeness (QED) is 0.681. The number of aryl methyl sites for hydroxylation is 2. The van der Waals surface area contributed by atoms with Gasteiger partial charge in [0.25, 0.3) is 0 Å². The molecule has 84 valence electrons. The van der Waals surface area contributed by atoms with Crippen LogP contribution in [0.4, 0.5) is 0 Å². The van der Waals surface area contributed by atoms with E-state index in [0.717, 1.165) is 6.42 Å². The monoisotopic (exact) mass is 250 g/mol. The smallest absolute Gasteiger partial charge is 0.0718 e. The highest BCUT2D eigenvalue weighted by molar-refractivity contribution is 7.10. The van der Waals surface area contributed by atoms with E-state index in [9.17, 15) is 0 Å². The molecule has 2 heteroatoms. The summed E-state index contributed by atoms with van der Waals surface area (Å²) in [7, 11) is 0. The van der Waals surface area contributed by atoms with Crippen LogP contribution >= 0.6 is 22.9 Å². The molecule has 1 atom stereocenters. The van der Waals surface area contributed by atoms with Gasteiger partial charge in [0.2, 0.25) is 0 Å². The highest BCUT2D eigenvalue weighted by Crippen LogP contribution is 2.29. The zero-order valence-corrected chi connectivity index (χ0v) is 11.1. The molecule has 2 aromatic rings. The predicted molar refractivity (Wildman–Crippen MR) is 72.5 cm³/mol. The minimum atomic E-state index is 0.0977. The first kappa shape index (κ1) is 11.7. The van der Waals surface area contributed by atoms with Gasteiger partial charge in [0.05, 0.1) is 5.38 Å². The Balaban J connectivity index is 2.17. The number of hydrogen-bond donors (Lipinski definition) is 0. The Morgan fingerprint density at radius 3 is 2.75 bits per heavy atom. The molecule has 16 heavy (non-hydrogen) atoms. The van der Waals surface area contributed by atoms with Gasteiger partial charge in [-0.1, -0.05) is 29.8 Å². The average Bonchev–Trinajstić information content (AvgIpc) is 2.76. The lowest BCUT2D eigenvalue weighted by molar-refractivity contribution is 0.927. The van der Waals surface area contributed by atoms with Crippen molar-refractivity contribution in [1.82, 2.24) is 0 Å². The van der Waals surface area contributed by atoms with E-state index in [0.29, 0.717) is 0 Å². The van der Waals surface area contributed by atoms with Crippen molar-refractivity contribution in [3.8, 4) is 0 Å². The van der Waals surface area contributed by atoms with Crippen LogP contribution in [-0.2, 0) is 6.42 Å². The normalized spacial score (nSPS) is 12.7. The van der Waals surface area contributed by atoms with Crippen LogP contribution in [0.5, 0.6) is 0 Å². The molecule has 0 saturated heterocycles. The highest BCUT2D eigenvalue weighted by Gasteiger charge is 2.11.